The summed E-state index contributed by atoms with van der Waals surface area (Å²) in [6.45, 7) is 8.81. The van der Waals surface area contributed by atoms with Crippen LogP contribution in [0, 0.1) is 0 Å². The summed E-state index contributed by atoms with van der Waals surface area (Å²) in [7, 11) is 0. The van der Waals surface area contributed by atoms with Crippen LogP contribution in [0.2, 0.25) is 0 Å². The summed E-state index contributed by atoms with van der Waals surface area (Å²) in [4.78, 5) is -0.0833. The quantitative estimate of drug-likeness (QED) is 0.638. The molecule has 4 bridgehead atoms. The molecule has 4 heteroatoms. The SMILES string of the molecule is CC12CC3(C)SC(C)(CC(C)(O1)S3)O2. The highest BCUT2D eigenvalue weighted by Crippen LogP contribution is 2.70. The van der Waals surface area contributed by atoms with Crippen molar-refractivity contribution >= 4 is 23.5 Å². The lowest BCUT2D eigenvalue weighted by Crippen LogP contribution is -2.66. The molecule has 0 aromatic rings. The first-order valence-corrected chi connectivity index (χ1v) is 6.68. The molecular weight excluding hydrogens is 216 g/mol. The Balaban J connectivity index is 2.08. The first-order chi connectivity index (χ1) is 6.24. The van der Waals surface area contributed by atoms with Crippen LogP contribution in [0.1, 0.15) is 40.5 Å². The van der Waals surface area contributed by atoms with E-state index in [1.165, 1.54) is 0 Å². The predicted octanol–water partition coefficient (Wildman–Crippen LogP) is 3.17. The summed E-state index contributed by atoms with van der Waals surface area (Å²) < 4.78 is 12.4. The topological polar surface area (TPSA) is 18.5 Å². The van der Waals surface area contributed by atoms with Crippen LogP contribution in [0.3, 0.4) is 0 Å². The first-order valence-electron chi connectivity index (χ1n) is 5.05. The van der Waals surface area contributed by atoms with E-state index in [1.807, 2.05) is 23.5 Å². The molecule has 80 valence electrons. The molecule has 0 N–H and O–H groups in total. The summed E-state index contributed by atoms with van der Waals surface area (Å²) >= 11 is 3.94. The largest absolute Gasteiger partial charge is 0.333 e. The van der Waals surface area contributed by atoms with Gasteiger partial charge in [-0.2, -0.15) is 0 Å². The maximum Gasteiger partial charge on any atom is 0.171 e. The van der Waals surface area contributed by atoms with Gasteiger partial charge in [0, 0.05) is 12.8 Å². The number of ether oxygens (including phenoxy) is 2. The van der Waals surface area contributed by atoms with Crippen molar-refractivity contribution in [1.82, 2.24) is 0 Å². The van der Waals surface area contributed by atoms with Gasteiger partial charge >= 0.3 is 0 Å². The minimum absolute atomic E-state index is 0.0417. The Morgan fingerprint density at radius 3 is 1.71 bits per heavy atom. The fraction of sp³-hybridized carbons (Fsp3) is 1.00. The normalized spacial score (nSPS) is 66.0. The molecule has 2 atom stereocenters. The smallest absolute Gasteiger partial charge is 0.171 e. The van der Waals surface area contributed by atoms with Crippen molar-refractivity contribution < 1.29 is 9.47 Å². The molecule has 0 aliphatic carbocycles. The van der Waals surface area contributed by atoms with Crippen LogP contribution < -0.4 is 0 Å². The van der Waals surface area contributed by atoms with Crippen molar-refractivity contribution in [3.8, 4) is 0 Å². The van der Waals surface area contributed by atoms with Gasteiger partial charge in [0.2, 0.25) is 0 Å². The molecule has 14 heavy (non-hydrogen) atoms. The summed E-state index contributed by atoms with van der Waals surface area (Å²) in [6, 6.07) is 0. The number of hydrogen-bond donors (Lipinski definition) is 0. The third kappa shape index (κ3) is 1.27. The molecule has 4 saturated heterocycles. The molecule has 0 saturated carbocycles. The van der Waals surface area contributed by atoms with Gasteiger partial charge in [-0.1, -0.05) is 0 Å². The van der Waals surface area contributed by atoms with Crippen LogP contribution in [0.5, 0.6) is 0 Å². The molecule has 2 unspecified atom stereocenters. The number of hydrogen-bond acceptors (Lipinski definition) is 4. The van der Waals surface area contributed by atoms with E-state index < -0.39 is 0 Å². The molecule has 2 nitrogen and oxygen atoms in total. The van der Waals surface area contributed by atoms with Crippen molar-refractivity contribution in [2.75, 3.05) is 0 Å². The highest BCUT2D eigenvalue weighted by molar-refractivity contribution is 8.20. The van der Waals surface area contributed by atoms with Gasteiger partial charge in [0.25, 0.3) is 0 Å². The second-order valence-corrected chi connectivity index (χ2v) is 9.49. The van der Waals surface area contributed by atoms with Crippen LogP contribution in [0.4, 0.5) is 0 Å². The lowest BCUT2D eigenvalue weighted by atomic mass is 10.0. The summed E-state index contributed by atoms with van der Waals surface area (Å²) in [5, 5.41) is 0. The maximum absolute atomic E-state index is 6.06. The molecule has 4 aliphatic heterocycles. The molecule has 0 spiro atoms. The second kappa shape index (κ2) is 2.31. The van der Waals surface area contributed by atoms with Crippen LogP contribution in [0.15, 0.2) is 0 Å². The van der Waals surface area contributed by atoms with Gasteiger partial charge in [0.05, 0.1) is 4.08 Å². The van der Waals surface area contributed by atoms with Crippen molar-refractivity contribution in [2.24, 2.45) is 0 Å². The van der Waals surface area contributed by atoms with E-state index in [0.717, 1.165) is 12.8 Å². The van der Waals surface area contributed by atoms with E-state index in [9.17, 15) is 0 Å². The Morgan fingerprint density at radius 1 is 0.857 bits per heavy atom. The lowest BCUT2D eigenvalue weighted by molar-refractivity contribution is -0.335. The average Bonchev–Trinajstić information content (AvgIpc) is 1.67. The zero-order valence-electron chi connectivity index (χ0n) is 9.05. The van der Waals surface area contributed by atoms with Crippen LogP contribution in [0.25, 0.3) is 0 Å². The lowest BCUT2D eigenvalue weighted by Gasteiger charge is -2.65. The summed E-state index contributed by atoms with van der Waals surface area (Å²) in [5.41, 5.74) is 0. The fourth-order valence-electron chi connectivity index (χ4n) is 3.37. The van der Waals surface area contributed by atoms with Crippen LogP contribution in [-0.2, 0) is 9.47 Å². The zero-order valence-corrected chi connectivity index (χ0v) is 10.7. The second-order valence-electron chi connectivity index (χ2n) is 5.30. The predicted molar refractivity (Wildman–Crippen MR) is 60.2 cm³/mol. The van der Waals surface area contributed by atoms with Crippen LogP contribution >= 0.6 is 23.5 Å². The molecular formula is C10H16O2S2. The highest BCUT2D eigenvalue weighted by atomic mass is 32.2. The Bertz CT molecular complexity index is 209. The van der Waals surface area contributed by atoms with Crippen molar-refractivity contribution in [2.45, 2.75) is 60.3 Å². The number of rotatable bonds is 0. The fourth-order valence-corrected chi connectivity index (χ4v) is 8.31. The standard InChI is InChI=1S/C10H16O2S2/c1-7-5-10(4)13-8(2,11-7)6-9(3,12-7)14-10/h5-6H2,1-4H3. The molecule has 4 aliphatic rings. The van der Waals surface area contributed by atoms with E-state index >= 15 is 0 Å². The third-order valence-corrected chi connectivity index (χ3v) is 5.98. The van der Waals surface area contributed by atoms with E-state index in [0.29, 0.717) is 0 Å². The van der Waals surface area contributed by atoms with Crippen LogP contribution in [-0.4, -0.2) is 19.7 Å². The van der Waals surface area contributed by atoms with Gasteiger partial charge in [-0.25, -0.2) is 0 Å². The van der Waals surface area contributed by atoms with Gasteiger partial charge < -0.3 is 9.47 Å². The van der Waals surface area contributed by atoms with Gasteiger partial charge in [0.1, 0.15) is 9.87 Å². The maximum atomic E-state index is 6.06. The van der Waals surface area contributed by atoms with Gasteiger partial charge in [0.15, 0.2) is 5.79 Å². The molecule has 4 rings (SSSR count). The Hall–Kier alpha value is 0.620. The summed E-state index contributed by atoms with van der Waals surface area (Å²) in [6.07, 6.45) is 1.97. The minimum atomic E-state index is -0.354. The molecule has 0 aromatic heterocycles. The average molecular weight is 232 g/mol. The molecule has 4 heterocycles. The zero-order chi connectivity index (χ0) is 10.2. The van der Waals surface area contributed by atoms with Gasteiger partial charge in [-0.05, 0) is 27.7 Å². The highest BCUT2D eigenvalue weighted by Gasteiger charge is 2.66. The minimum Gasteiger partial charge on any atom is -0.333 e. The Kier molecular flexibility index (Phi) is 1.62. The summed E-state index contributed by atoms with van der Waals surface area (Å²) in [5.74, 6) is -0.354. The van der Waals surface area contributed by atoms with Crippen molar-refractivity contribution in [3.05, 3.63) is 0 Å². The van der Waals surface area contributed by atoms with Gasteiger partial charge in [-0.3, -0.25) is 0 Å². The van der Waals surface area contributed by atoms with E-state index in [1.54, 1.807) is 0 Å². The Labute approximate surface area is 93.5 Å². The first kappa shape index (κ1) is 9.82. The number of thioether (sulfide) groups is 2. The van der Waals surface area contributed by atoms with E-state index in [2.05, 4.69) is 27.7 Å². The van der Waals surface area contributed by atoms with Gasteiger partial charge in [-0.15, -0.1) is 23.5 Å². The molecule has 4 fully saturated rings. The van der Waals surface area contributed by atoms with Crippen molar-refractivity contribution in [3.63, 3.8) is 0 Å². The molecule has 0 radical (unpaired) electrons. The monoisotopic (exact) mass is 232 g/mol. The Morgan fingerprint density at radius 2 is 1.36 bits per heavy atom. The molecule has 0 aromatic carbocycles. The van der Waals surface area contributed by atoms with E-state index in [-0.39, 0.29) is 19.7 Å². The third-order valence-electron chi connectivity index (χ3n) is 3.01. The molecule has 0 amide bonds. The van der Waals surface area contributed by atoms with E-state index in [4.69, 9.17) is 9.47 Å². The van der Waals surface area contributed by atoms with Crippen molar-refractivity contribution in [1.29, 1.82) is 0 Å².